The van der Waals surface area contributed by atoms with E-state index in [-0.39, 0.29) is 24.3 Å². The molecule has 1 saturated carbocycles. The van der Waals surface area contributed by atoms with E-state index < -0.39 is 0 Å². The van der Waals surface area contributed by atoms with E-state index >= 15 is 0 Å². The maximum Gasteiger partial charge on any atom is 0.227 e. The lowest BCUT2D eigenvalue weighted by Gasteiger charge is -2.42. The number of carbonyl (C=O) groups is 2. The topological polar surface area (TPSA) is 78.7 Å². The SMILES string of the molecule is CN(C(=O)Cc1cc(Cl)c(Cl)cc1NC(=O)CCCN)[C@H]1CCCC[C@@H]1N1CCCC1. The second-order valence-electron chi connectivity index (χ2n) is 8.71. The minimum atomic E-state index is -0.146. The molecule has 0 radical (unpaired) electrons. The van der Waals surface area contributed by atoms with Gasteiger partial charge in [-0.3, -0.25) is 14.5 Å². The highest BCUT2D eigenvalue weighted by atomic mass is 35.5. The van der Waals surface area contributed by atoms with Gasteiger partial charge in [0.1, 0.15) is 0 Å². The highest BCUT2D eigenvalue weighted by Crippen LogP contribution is 2.32. The molecule has 2 aliphatic rings. The predicted molar refractivity (Wildman–Crippen MR) is 127 cm³/mol. The van der Waals surface area contributed by atoms with Crippen molar-refractivity contribution in [3.63, 3.8) is 0 Å². The summed E-state index contributed by atoms with van der Waals surface area (Å²) in [5.74, 6) is -0.112. The van der Waals surface area contributed by atoms with Gasteiger partial charge in [0, 0.05) is 31.2 Å². The van der Waals surface area contributed by atoms with E-state index in [0.29, 0.717) is 46.7 Å². The molecule has 3 N–H and O–H groups in total. The van der Waals surface area contributed by atoms with Crippen LogP contribution in [0.15, 0.2) is 12.1 Å². The lowest BCUT2D eigenvalue weighted by Crippen LogP contribution is -2.53. The quantitative estimate of drug-likeness (QED) is 0.602. The Labute approximate surface area is 195 Å². The molecular weight excluding hydrogens is 435 g/mol. The van der Waals surface area contributed by atoms with Crippen molar-refractivity contribution in [1.29, 1.82) is 0 Å². The minimum absolute atomic E-state index is 0.0342. The number of halogens is 2. The van der Waals surface area contributed by atoms with Crippen LogP contribution >= 0.6 is 23.2 Å². The summed E-state index contributed by atoms with van der Waals surface area (Å²) in [7, 11) is 1.92. The molecule has 0 unspecified atom stereocenters. The standard InChI is InChI=1S/C23H34Cl2N4O2/c1-28(20-7-2-3-8-21(20)29-11-4-5-12-29)23(31)14-16-13-17(24)18(25)15-19(16)27-22(30)9-6-10-26/h13,15,20-21H,2-12,14,26H2,1H3,(H,27,30)/t20-,21-/m0/s1. The summed E-state index contributed by atoms with van der Waals surface area (Å²) < 4.78 is 0. The Morgan fingerprint density at radius 2 is 1.81 bits per heavy atom. The van der Waals surface area contributed by atoms with Crippen molar-refractivity contribution in [2.24, 2.45) is 5.73 Å². The van der Waals surface area contributed by atoms with Gasteiger partial charge in [-0.1, -0.05) is 36.0 Å². The van der Waals surface area contributed by atoms with E-state index in [2.05, 4.69) is 10.2 Å². The molecule has 1 saturated heterocycles. The molecule has 8 heteroatoms. The van der Waals surface area contributed by atoms with Gasteiger partial charge in [0.2, 0.25) is 11.8 Å². The van der Waals surface area contributed by atoms with E-state index in [1.54, 1.807) is 12.1 Å². The number of carbonyl (C=O) groups excluding carboxylic acids is 2. The van der Waals surface area contributed by atoms with Crippen molar-refractivity contribution in [3.05, 3.63) is 27.7 Å². The van der Waals surface area contributed by atoms with Crippen LogP contribution in [0.5, 0.6) is 0 Å². The third-order valence-corrected chi connectivity index (χ3v) is 7.29. The van der Waals surface area contributed by atoms with Gasteiger partial charge in [-0.2, -0.15) is 0 Å². The molecule has 0 aromatic heterocycles. The van der Waals surface area contributed by atoms with Gasteiger partial charge in [0.05, 0.1) is 16.5 Å². The average molecular weight is 469 g/mol. The molecule has 2 atom stereocenters. The number of rotatable bonds is 8. The minimum Gasteiger partial charge on any atom is -0.341 e. The monoisotopic (exact) mass is 468 g/mol. The van der Waals surface area contributed by atoms with Crippen molar-refractivity contribution in [2.45, 2.75) is 69.9 Å². The predicted octanol–water partition coefficient (Wildman–Crippen LogP) is 4.08. The van der Waals surface area contributed by atoms with Gasteiger partial charge in [0.15, 0.2) is 0 Å². The van der Waals surface area contributed by atoms with E-state index in [9.17, 15) is 9.59 Å². The van der Waals surface area contributed by atoms with Crippen LogP contribution in [-0.2, 0) is 16.0 Å². The third-order valence-electron chi connectivity index (χ3n) is 6.56. The van der Waals surface area contributed by atoms with Crippen LogP contribution in [0, 0.1) is 0 Å². The summed E-state index contributed by atoms with van der Waals surface area (Å²) in [4.78, 5) is 30.0. The molecule has 172 valence electrons. The van der Waals surface area contributed by atoms with Gasteiger partial charge in [-0.25, -0.2) is 0 Å². The van der Waals surface area contributed by atoms with E-state index in [4.69, 9.17) is 28.9 Å². The maximum atomic E-state index is 13.3. The van der Waals surface area contributed by atoms with Gasteiger partial charge in [-0.05, 0) is 69.4 Å². The maximum absolute atomic E-state index is 13.3. The molecule has 6 nitrogen and oxygen atoms in total. The Bertz CT molecular complexity index is 783. The number of amides is 2. The summed E-state index contributed by atoms with van der Waals surface area (Å²) in [5, 5.41) is 3.60. The Kier molecular flexibility index (Phi) is 9.02. The number of nitrogens with one attached hydrogen (secondary N) is 1. The normalized spacial score (nSPS) is 21.8. The lowest BCUT2D eigenvalue weighted by atomic mass is 9.88. The molecule has 1 aliphatic heterocycles. The first-order valence-electron chi connectivity index (χ1n) is 11.4. The number of likely N-dealkylation sites (tertiary alicyclic amines) is 1. The smallest absolute Gasteiger partial charge is 0.227 e. The van der Waals surface area contributed by atoms with Crippen molar-refractivity contribution in [2.75, 3.05) is 32.0 Å². The van der Waals surface area contributed by atoms with Crippen LogP contribution in [0.4, 0.5) is 5.69 Å². The Hall–Kier alpha value is -1.34. The van der Waals surface area contributed by atoms with Crippen LogP contribution in [-0.4, -0.2) is 60.4 Å². The first kappa shape index (κ1) is 24.3. The molecule has 3 rings (SSSR count). The summed E-state index contributed by atoms with van der Waals surface area (Å²) in [6.07, 6.45) is 8.16. The van der Waals surface area contributed by atoms with Crippen LogP contribution in [0.3, 0.4) is 0 Å². The molecule has 1 aliphatic carbocycles. The second-order valence-corrected chi connectivity index (χ2v) is 9.52. The van der Waals surface area contributed by atoms with E-state index in [0.717, 1.165) is 32.4 Å². The lowest BCUT2D eigenvalue weighted by molar-refractivity contribution is -0.133. The van der Waals surface area contributed by atoms with Gasteiger partial charge < -0.3 is 16.0 Å². The number of nitrogens with two attached hydrogens (primary N) is 1. The number of anilines is 1. The average Bonchev–Trinajstić information content (AvgIpc) is 3.30. The van der Waals surface area contributed by atoms with Gasteiger partial charge >= 0.3 is 0 Å². The van der Waals surface area contributed by atoms with Crippen LogP contribution in [0.2, 0.25) is 10.0 Å². The van der Waals surface area contributed by atoms with Crippen LogP contribution in [0.1, 0.15) is 56.9 Å². The molecule has 1 aromatic carbocycles. The fourth-order valence-electron chi connectivity index (χ4n) is 4.84. The first-order chi connectivity index (χ1) is 14.9. The number of hydrogen-bond donors (Lipinski definition) is 2. The molecule has 31 heavy (non-hydrogen) atoms. The van der Waals surface area contributed by atoms with Gasteiger partial charge in [-0.15, -0.1) is 0 Å². The number of benzene rings is 1. The second kappa shape index (κ2) is 11.5. The number of nitrogens with zero attached hydrogens (tertiary/aromatic N) is 2. The van der Waals surface area contributed by atoms with Crippen molar-refractivity contribution in [1.82, 2.24) is 9.80 Å². The zero-order valence-electron chi connectivity index (χ0n) is 18.3. The molecule has 2 fully saturated rings. The summed E-state index contributed by atoms with van der Waals surface area (Å²) >= 11 is 12.4. The fourth-order valence-corrected chi connectivity index (χ4v) is 5.19. The fraction of sp³-hybridized carbons (Fsp3) is 0.652. The Morgan fingerprint density at radius 1 is 1.13 bits per heavy atom. The summed E-state index contributed by atoms with van der Waals surface area (Å²) in [6, 6.07) is 3.98. The highest BCUT2D eigenvalue weighted by molar-refractivity contribution is 6.42. The highest BCUT2D eigenvalue weighted by Gasteiger charge is 2.35. The molecule has 2 amide bonds. The largest absolute Gasteiger partial charge is 0.341 e. The first-order valence-corrected chi connectivity index (χ1v) is 12.1. The molecule has 1 heterocycles. The molecule has 0 bridgehead atoms. The van der Waals surface area contributed by atoms with E-state index in [1.165, 1.54) is 19.3 Å². The summed E-state index contributed by atoms with van der Waals surface area (Å²) in [6.45, 7) is 2.72. The van der Waals surface area contributed by atoms with Crippen molar-refractivity contribution >= 4 is 40.7 Å². The Balaban J connectivity index is 1.73. The molecule has 1 aromatic rings. The van der Waals surface area contributed by atoms with Crippen molar-refractivity contribution < 1.29 is 9.59 Å². The zero-order valence-corrected chi connectivity index (χ0v) is 19.9. The van der Waals surface area contributed by atoms with Crippen molar-refractivity contribution in [3.8, 4) is 0 Å². The summed E-state index contributed by atoms with van der Waals surface area (Å²) in [5.41, 5.74) is 6.72. The van der Waals surface area contributed by atoms with Gasteiger partial charge in [0.25, 0.3) is 0 Å². The third kappa shape index (κ3) is 6.35. The molecule has 0 spiro atoms. The van der Waals surface area contributed by atoms with Crippen LogP contribution in [0.25, 0.3) is 0 Å². The zero-order chi connectivity index (χ0) is 22.4. The molecular formula is C23H34Cl2N4O2. The Morgan fingerprint density at radius 3 is 2.52 bits per heavy atom. The van der Waals surface area contributed by atoms with Crippen LogP contribution < -0.4 is 11.1 Å². The number of hydrogen-bond acceptors (Lipinski definition) is 4. The van der Waals surface area contributed by atoms with E-state index in [1.807, 2.05) is 11.9 Å². The number of likely N-dealkylation sites (N-methyl/N-ethyl adjacent to an activating group) is 1.